The third-order valence-corrected chi connectivity index (χ3v) is 5.51. The third kappa shape index (κ3) is 4.76. The van der Waals surface area contributed by atoms with Crippen LogP contribution in [-0.2, 0) is 14.8 Å². The summed E-state index contributed by atoms with van der Waals surface area (Å²) in [5, 5.41) is 3.13. The number of amides is 1. The van der Waals surface area contributed by atoms with Crippen LogP contribution in [0.25, 0.3) is 0 Å². The number of nitrogens with zero attached hydrogens (tertiary/aromatic N) is 1. The molecule has 1 unspecified atom stereocenters. The maximum atomic E-state index is 12.6. The smallest absolute Gasteiger partial charge is 0.253 e. The molecule has 24 heavy (non-hydrogen) atoms. The van der Waals surface area contributed by atoms with E-state index in [-0.39, 0.29) is 17.3 Å². The summed E-state index contributed by atoms with van der Waals surface area (Å²) in [4.78, 5) is 14.5. The van der Waals surface area contributed by atoms with Crippen molar-refractivity contribution in [3.8, 4) is 0 Å². The summed E-state index contributed by atoms with van der Waals surface area (Å²) >= 11 is 0. The van der Waals surface area contributed by atoms with E-state index in [9.17, 15) is 13.2 Å². The molecule has 8 heteroatoms. The highest BCUT2D eigenvalue weighted by molar-refractivity contribution is 7.89. The molecule has 0 aliphatic carbocycles. The van der Waals surface area contributed by atoms with Gasteiger partial charge in [0.15, 0.2) is 0 Å². The summed E-state index contributed by atoms with van der Waals surface area (Å²) < 4.78 is 31.8. The fourth-order valence-electron chi connectivity index (χ4n) is 2.81. The third-order valence-electron chi connectivity index (χ3n) is 4.06. The van der Waals surface area contributed by atoms with E-state index in [1.165, 1.54) is 19.2 Å². The van der Waals surface area contributed by atoms with Crippen molar-refractivity contribution in [1.82, 2.24) is 14.9 Å². The molecule has 1 amide bonds. The minimum Gasteiger partial charge on any atom is -0.383 e. The fraction of sp³-hybridized carbons (Fsp3) is 0.562. The van der Waals surface area contributed by atoms with Crippen molar-refractivity contribution < 1.29 is 17.9 Å². The van der Waals surface area contributed by atoms with E-state index in [0.29, 0.717) is 31.2 Å². The van der Waals surface area contributed by atoms with E-state index in [2.05, 4.69) is 10.0 Å². The zero-order chi connectivity index (χ0) is 17.6. The average molecular weight is 355 g/mol. The molecule has 7 nitrogen and oxygen atoms in total. The lowest BCUT2D eigenvalue weighted by molar-refractivity contribution is 0.0787. The molecular weight excluding hydrogens is 330 g/mol. The van der Waals surface area contributed by atoms with Crippen LogP contribution < -0.4 is 10.0 Å². The summed E-state index contributed by atoms with van der Waals surface area (Å²) in [7, 11) is -0.239. The van der Waals surface area contributed by atoms with Gasteiger partial charge in [-0.25, -0.2) is 13.1 Å². The molecule has 1 fully saturated rings. The zero-order valence-electron chi connectivity index (χ0n) is 14.1. The van der Waals surface area contributed by atoms with Gasteiger partial charge in [0.05, 0.1) is 11.5 Å². The van der Waals surface area contributed by atoms with Crippen molar-refractivity contribution in [3.05, 3.63) is 29.8 Å². The number of rotatable bonds is 8. The first-order valence-corrected chi connectivity index (χ1v) is 9.49. The molecule has 1 aromatic carbocycles. The number of benzene rings is 1. The molecular formula is C16H25N3O4S. The Bertz CT molecular complexity index is 663. The van der Waals surface area contributed by atoms with Crippen molar-refractivity contribution >= 4 is 15.9 Å². The first-order valence-electron chi connectivity index (χ1n) is 8.00. The average Bonchev–Trinajstić information content (AvgIpc) is 3.03. The van der Waals surface area contributed by atoms with E-state index in [1.54, 1.807) is 17.0 Å². The second-order valence-corrected chi connectivity index (χ2v) is 7.65. The molecule has 0 saturated carbocycles. The summed E-state index contributed by atoms with van der Waals surface area (Å²) in [6, 6.07) is 6.17. The maximum absolute atomic E-state index is 12.6. The molecule has 1 saturated heterocycles. The van der Waals surface area contributed by atoms with E-state index in [0.717, 1.165) is 13.0 Å². The first-order chi connectivity index (χ1) is 11.5. The Kier molecular flexibility index (Phi) is 6.73. The van der Waals surface area contributed by atoms with Crippen LogP contribution >= 0.6 is 0 Å². The van der Waals surface area contributed by atoms with Crippen molar-refractivity contribution in [2.45, 2.75) is 11.3 Å². The Hall–Kier alpha value is -1.48. The normalized spacial score (nSPS) is 18.1. The largest absolute Gasteiger partial charge is 0.383 e. The minimum atomic E-state index is -3.64. The molecule has 0 spiro atoms. The molecule has 1 heterocycles. The number of hydrogen-bond donors (Lipinski definition) is 2. The monoisotopic (exact) mass is 355 g/mol. The van der Waals surface area contributed by atoms with Crippen LogP contribution in [0.4, 0.5) is 0 Å². The number of nitrogens with one attached hydrogen (secondary N) is 2. The second kappa shape index (κ2) is 8.57. The summed E-state index contributed by atoms with van der Waals surface area (Å²) in [6.07, 6.45) is 0.961. The van der Waals surface area contributed by atoms with Crippen LogP contribution in [0, 0.1) is 5.92 Å². The van der Waals surface area contributed by atoms with E-state index >= 15 is 0 Å². The highest BCUT2D eigenvalue weighted by atomic mass is 32.2. The molecule has 1 aliphatic rings. The predicted molar refractivity (Wildman–Crippen MR) is 91.4 cm³/mol. The maximum Gasteiger partial charge on any atom is 0.253 e. The van der Waals surface area contributed by atoms with Crippen LogP contribution in [-0.4, -0.2) is 66.2 Å². The quantitative estimate of drug-likeness (QED) is 0.655. The number of methoxy groups -OCH3 is 1. The Morgan fingerprint density at radius 3 is 2.92 bits per heavy atom. The number of ether oxygens (including phenoxy) is 1. The van der Waals surface area contributed by atoms with Crippen LogP contribution in [0.1, 0.15) is 16.8 Å². The Morgan fingerprint density at radius 2 is 2.21 bits per heavy atom. The van der Waals surface area contributed by atoms with Gasteiger partial charge in [0.2, 0.25) is 10.0 Å². The van der Waals surface area contributed by atoms with Crippen molar-refractivity contribution in [1.29, 1.82) is 0 Å². The molecule has 2 rings (SSSR count). The van der Waals surface area contributed by atoms with Gasteiger partial charge in [-0.15, -0.1) is 0 Å². The standard InChI is InChI=1S/C16H25N3O4S/c1-17-11-13-6-8-19(12-13)16(20)14-4-3-5-15(10-14)24(21,22)18-7-9-23-2/h3-5,10,13,17-18H,6-9,11-12H2,1-2H3. The molecule has 1 aromatic rings. The Morgan fingerprint density at radius 1 is 1.42 bits per heavy atom. The van der Waals surface area contributed by atoms with Crippen LogP contribution in [0.15, 0.2) is 29.2 Å². The minimum absolute atomic E-state index is 0.0930. The van der Waals surface area contributed by atoms with Gasteiger partial charge in [-0.2, -0.15) is 0 Å². The van der Waals surface area contributed by atoms with Crippen molar-refractivity contribution in [2.75, 3.05) is 46.9 Å². The lowest BCUT2D eigenvalue weighted by Crippen LogP contribution is -2.31. The summed E-state index contributed by atoms with van der Waals surface area (Å²) in [5.74, 6) is 0.323. The molecule has 1 aliphatic heterocycles. The van der Waals surface area contributed by atoms with Gasteiger partial charge in [0.1, 0.15) is 0 Å². The highest BCUT2D eigenvalue weighted by Gasteiger charge is 2.27. The van der Waals surface area contributed by atoms with Crippen LogP contribution in [0.5, 0.6) is 0 Å². The number of carbonyl (C=O) groups is 1. The van der Waals surface area contributed by atoms with Gasteiger partial charge in [0.25, 0.3) is 5.91 Å². The summed E-state index contributed by atoms with van der Waals surface area (Å²) in [5.41, 5.74) is 0.398. The molecule has 0 radical (unpaired) electrons. The summed E-state index contributed by atoms with van der Waals surface area (Å²) in [6.45, 7) is 2.76. The van der Waals surface area contributed by atoms with Gasteiger partial charge in [-0.05, 0) is 44.1 Å². The van der Waals surface area contributed by atoms with Crippen LogP contribution in [0.2, 0.25) is 0 Å². The number of hydrogen-bond acceptors (Lipinski definition) is 5. The van der Waals surface area contributed by atoms with Gasteiger partial charge in [0, 0.05) is 32.3 Å². The predicted octanol–water partition coefficient (Wildman–Crippen LogP) is 0.293. The van der Waals surface area contributed by atoms with Crippen LogP contribution in [0.3, 0.4) is 0 Å². The molecule has 1 atom stereocenters. The topological polar surface area (TPSA) is 87.7 Å². The highest BCUT2D eigenvalue weighted by Crippen LogP contribution is 2.19. The molecule has 0 bridgehead atoms. The first kappa shape index (κ1) is 18.9. The van der Waals surface area contributed by atoms with Crippen molar-refractivity contribution in [3.63, 3.8) is 0 Å². The van der Waals surface area contributed by atoms with Gasteiger partial charge >= 0.3 is 0 Å². The lowest BCUT2D eigenvalue weighted by atomic mass is 10.1. The SMILES string of the molecule is CNCC1CCN(C(=O)c2cccc(S(=O)(=O)NCCOC)c2)C1. The molecule has 134 valence electrons. The number of likely N-dealkylation sites (tertiary alicyclic amines) is 1. The second-order valence-electron chi connectivity index (χ2n) is 5.88. The van der Waals surface area contributed by atoms with E-state index < -0.39 is 10.0 Å². The van der Waals surface area contributed by atoms with Gasteiger partial charge < -0.3 is 15.0 Å². The zero-order valence-corrected chi connectivity index (χ0v) is 14.9. The number of sulfonamides is 1. The number of carbonyl (C=O) groups excluding carboxylic acids is 1. The molecule has 2 N–H and O–H groups in total. The van der Waals surface area contributed by atoms with Gasteiger partial charge in [-0.3, -0.25) is 4.79 Å². The Labute approximate surface area is 143 Å². The van der Waals surface area contributed by atoms with Gasteiger partial charge in [-0.1, -0.05) is 6.07 Å². The lowest BCUT2D eigenvalue weighted by Gasteiger charge is -2.17. The van der Waals surface area contributed by atoms with E-state index in [4.69, 9.17) is 4.74 Å². The fourth-order valence-corrected chi connectivity index (χ4v) is 3.87. The van der Waals surface area contributed by atoms with E-state index in [1.807, 2.05) is 7.05 Å². The van der Waals surface area contributed by atoms with Crippen molar-refractivity contribution in [2.24, 2.45) is 5.92 Å². The molecule has 0 aromatic heterocycles. The Balaban J connectivity index is 2.08.